The van der Waals surface area contributed by atoms with Gasteiger partial charge in [0.05, 0.1) is 5.56 Å². The van der Waals surface area contributed by atoms with Crippen LogP contribution in [0.25, 0.3) is 0 Å². The van der Waals surface area contributed by atoms with E-state index in [0.717, 1.165) is 0 Å². The molecule has 0 aromatic heterocycles. The predicted octanol–water partition coefficient (Wildman–Crippen LogP) is 3.40. The van der Waals surface area contributed by atoms with Gasteiger partial charge in [0, 0.05) is 12.6 Å². The first-order valence-corrected chi connectivity index (χ1v) is 7.19. The molecule has 0 spiro atoms. The smallest absolute Gasteiger partial charge is 0.338 e. The Bertz CT molecular complexity index is 351. The molecule has 0 radical (unpaired) electrons. The molecule has 1 N–H and O–H groups in total. The number of nitrogens with one attached hydrogen (secondary N) is 1. The Balaban J connectivity index is 2.09. The SMILES string of the molecule is CCCCCC(C)NCCOC(=O)c1ccccc1. The Labute approximate surface area is 116 Å². The quantitative estimate of drug-likeness (QED) is 0.548. The lowest BCUT2D eigenvalue weighted by Crippen LogP contribution is -2.30. The molecule has 3 heteroatoms. The van der Waals surface area contributed by atoms with Crippen LogP contribution in [0.15, 0.2) is 30.3 Å². The number of ether oxygens (including phenoxy) is 1. The van der Waals surface area contributed by atoms with Gasteiger partial charge in [-0.15, -0.1) is 0 Å². The van der Waals surface area contributed by atoms with Gasteiger partial charge in [-0.3, -0.25) is 0 Å². The van der Waals surface area contributed by atoms with E-state index >= 15 is 0 Å². The molecule has 0 amide bonds. The monoisotopic (exact) mass is 263 g/mol. The predicted molar refractivity (Wildman–Crippen MR) is 78.3 cm³/mol. The van der Waals surface area contributed by atoms with E-state index in [2.05, 4.69) is 19.2 Å². The summed E-state index contributed by atoms with van der Waals surface area (Å²) in [7, 11) is 0. The molecule has 0 aliphatic rings. The van der Waals surface area contributed by atoms with Crippen LogP contribution in [0.1, 0.15) is 49.9 Å². The minimum absolute atomic E-state index is 0.249. The number of unbranched alkanes of at least 4 members (excludes halogenated alkanes) is 2. The molecular weight excluding hydrogens is 238 g/mol. The lowest BCUT2D eigenvalue weighted by molar-refractivity contribution is 0.0506. The number of carbonyl (C=O) groups excluding carboxylic acids is 1. The zero-order valence-corrected chi connectivity index (χ0v) is 12.0. The van der Waals surface area contributed by atoms with Crippen molar-refractivity contribution in [2.24, 2.45) is 0 Å². The maximum Gasteiger partial charge on any atom is 0.338 e. The zero-order valence-electron chi connectivity index (χ0n) is 12.0. The van der Waals surface area contributed by atoms with Crippen molar-refractivity contribution in [1.29, 1.82) is 0 Å². The van der Waals surface area contributed by atoms with Crippen LogP contribution in [-0.4, -0.2) is 25.2 Å². The maximum absolute atomic E-state index is 11.7. The molecule has 106 valence electrons. The minimum atomic E-state index is -0.249. The van der Waals surface area contributed by atoms with Gasteiger partial charge in [-0.25, -0.2) is 4.79 Å². The summed E-state index contributed by atoms with van der Waals surface area (Å²) in [6.45, 7) is 5.52. The molecular formula is C16H25NO2. The molecule has 0 aliphatic carbocycles. The Kier molecular flexibility index (Phi) is 7.91. The molecule has 1 atom stereocenters. The fraction of sp³-hybridized carbons (Fsp3) is 0.562. The molecule has 1 aromatic rings. The highest BCUT2D eigenvalue weighted by Crippen LogP contribution is 2.03. The van der Waals surface area contributed by atoms with Crippen molar-refractivity contribution in [1.82, 2.24) is 5.32 Å². The van der Waals surface area contributed by atoms with Crippen molar-refractivity contribution in [3.8, 4) is 0 Å². The van der Waals surface area contributed by atoms with Crippen molar-refractivity contribution in [2.45, 2.75) is 45.6 Å². The normalized spacial score (nSPS) is 12.1. The summed E-state index contributed by atoms with van der Waals surface area (Å²) < 4.78 is 5.20. The number of benzene rings is 1. The average molecular weight is 263 g/mol. The van der Waals surface area contributed by atoms with Crippen LogP contribution in [0, 0.1) is 0 Å². The fourth-order valence-corrected chi connectivity index (χ4v) is 1.91. The van der Waals surface area contributed by atoms with Crippen LogP contribution < -0.4 is 5.32 Å². The lowest BCUT2D eigenvalue weighted by atomic mass is 10.1. The average Bonchev–Trinajstić information content (AvgIpc) is 2.44. The second-order valence-corrected chi connectivity index (χ2v) is 4.85. The van der Waals surface area contributed by atoms with Crippen LogP contribution in [-0.2, 0) is 4.74 Å². The van der Waals surface area contributed by atoms with Crippen LogP contribution in [0.5, 0.6) is 0 Å². The number of carbonyl (C=O) groups is 1. The molecule has 0 heterocycles. The molecule has 0 aliphatic heterocycles. The highest BCUT2D eigenvalue weighted by atomic mass is 16.5. The highest BCUT2D eigenvalue weighted by molar-refractivity contribution is 5.89. The zero-order chi connectivity index (χ0) is 13.9. The van der Waals surface area contributed by atoms with Gasteiger partial charge in [-0.1, -0.05) is 44.4 Å². The topological polar surface area (TPSA) is 38.3 Å². The molecule has 1 unspecified atom stereocenters. The lowest BCUT2D eigenvalue weighted by Gasteiger charge is -2.13. The van der Waals surface area contributed by atoms with E-state index in [9.17, 15) is 4.79 Å². The third-order valence-corrected chi connectivity index (χ3v) is 3.08. The standard InChI is InChI=1S/C16H25NO2/c1-3-4-6-9-14(2)17-12-13-19-16(18)15-10-7-5-8-11-15/h5,7-8,10-11,14,17H,3-4,6,9,12-13H2,1-2H3. The van der Waals surface area contributed by atoms with Gasteiger partial charge < -0.3 is 10.1 Å². The molecule has 0 saturated heterocycles. The van der Waals surface area contributed by atoms with Gasteiger partial charge >= 0.3 is 5.97 Å². The van der Waals surface area contributed by atoms with Crippen LogP contribution in [0.3, 0.4) is 0 Å². The van der Waals surface area contributed by atoms with Gasteiger partial charge in [0.25, 0.3) is 0 Å². The summed E-state index contributed by atoms with van der Waals surface area (Å²) >= 11 is 0. The first kappa shape index (κ1) is 15.7. The Hall–Kier alpha value is -1.35. The first-order chi connectivity index (χ1) is 9.24. The van der Waals surface area contributed by atoms with E-state index in [-0.39, 0.29) is 5.97 Å². The second kappa shape index (κ2) is 9.56. The van der Waals surface area contributed by atoms with E-state index in [1.165, 1.54) is 25.7 Å². The summed E-state index contributed by atoms with van der Waals surface area (Å²) in [5.41, 5.74) is 0.610. The maximum atomic E-state index is 11.7. The number of hydrogen-bond acceptors (Lipinski definition) is 3. The third-order valence-electron chi connectivity index (χ3n) is 3.08. The molecule has 1 rings (SSSR count). The molecule has 1 aromatic carbocycles. The van der Waals surface area contributed by atoms with Crippen molar-refractivity contribution in [2.75, 3.05) is 13.2 Å². The number of rotatable bonds is 9. The van der Waals surface area contributed by atoms with Crippen molar-refractivity contribution in [3.05, 3.63) is 35.9 Å². The minimum Gasteiger partial charge on any atom is -0.461 e. The summed E-state index contributed by atoms with van der Waals surface area (Å²) in [5, 5.41) is 3.37. The molecule has 19 heavy (non-hydrogen) atoms. The molecule has 0 saturated carbocycles. The third kappa shape index (κ3) is 6.97. The van der Waals surface area contributed by atoms with Gasteiger partial charge in [0.15, 0.2) is 0 Å². The Morgan fingerprint density at radius 2 is 2.00 bits per heavy atom. The van der Waals surface area contributed by atoms with E-state index in [1.54, 1.807) is 12.1 Å². The molecule has 0 fully saturated rings. The van der Waals surface area contributed by atoms with E-state index < -0.39 is 0 Å². The van der Waals surface area contributed by atoms with Crippen molar-refractivity contribution >= 4 is 5.97 Å². The van der Waals surface area contributed by atoms with Crippen molar-refractivity contribution < 1.29 is 9.53 Å². The number of hydrogen-bond donors (Lipinski definition) is 1. The van der Waals surface area contributed by atoms with Gasteiger partial charge in [0.2, 0.25) is 0 Å². The van der Waals surface area contributed by atoms with Crippen molar-refractivity contribution in [3.63, 3.8) is 0 Å². The van der Waals surface area contributed by atoms with Gasteiger partial charge in [-0.05, 0) is 25.5 Å². The van der Waals surface area contributed by atoms with Gasteiger partial charge in [-0.2, -0.15) is 0 Å². The van der Waals surface area contributed by atoms with E-state index in [0.29, 0.717) is 24.8 Å². The summed E-state index contributed by atoms with van der Waals surface area (Å²) in [6, 6.07) is 9.58. The van der Waals surface area contributed by atoms with Gasteiger partial charge in [0.1, 0.15) is 6.61 Å². The molecule has 3 nitrogen and oxygen atoms in total. The Morgan fingerprint density at radius 1 is 1.26 bits per heavy atom. The first-order valence-electron chi connectivity index (χ1n) is 7.19. The van der Waals surface area contributed by atoms with E-state index in [4.69, 9.17) is 4.74 Å². The summed E-state index contributed by atoms with van der Waals surface area (Å²) in [6.07, 6.45) is 4.98. The fourth-order valence-electron chi connectivity index (χ4n) is 1.91. The summed E-state index contributed by atoms with van der Waals surface area (Å²) in [4.78, 5) is 11.7. The summed E-state index contributed by atoms with van der Waals surface area (Å²) in [5.74, 6) is -0.249. The Morgan fingerprint density at radius 3 is 2.68 bits per heavy atom. The van der Waals surface area contributed by atoms with E-state index in [1.807, 2.05) is 18.2 Å². The highest BCUT2D eigenvalue weighted by Gasteiger charge is 2.06. The second-order valence-electron chi connectivity index (χ2n) is 4.85. The largest absolute Gasteiger partial charge is 0.461 e. The molecule has 0 bridgehead atoms. The van der Waals surface area contributed by atoms with Crippen LogP contribution >= 0.6 is 0 Å². The van der Waals surface area contributed by atoms with Crippen LogP contribution in [0.4, 0.5) is 0 Å². The number of esters is 1. The van der Waals surface area contributed by atoms with Crippen LogP contribution in [0.2, 0.25) is 0 Å².